The number of nitrogens with zero attached hydrogens (tertiary/aromatic N) is 5. The minimum absolute atomic E-state index is 0.00233. The first-order valence-corrected chi connectivity index (χ1v) is 10.8. The fourth-order valence-electron chi connectivity index (χ4n) is 4.12. The van der Waals surface area contributed by atoms with Gasteiger partial charge in [0.15, 0.2) is 0 Å². The number of benzene rings is 1. The number of likely N-dealkylation sites (tertiary alicyclic amines) is 1. The summed E-state index contributed by atoms with van der Waals surface area (Å²) in [5.74, 6) is 0.832. The number of hydrogen-bond acceptors (Lipinski definition) is 7. The molecule has 166 valence electrons. The molecular formula is C25H23N5O3. The molecule has 8 nitrogen and oxygen atoms in total. The smallest absolute Gasteiger partial charge is 0.248 e. The largest absolute Gasteiger partial charge is 0.367 e. The predicted molar refractivity (Wildman–Crippen MR) is 120 cm³/mol. The highest BCUT2D eigenvalue weighted by molar-refractivity contribution is 5.78. The molecule has 0 bridgehead atoms. The Hall–Kier alpha value is -3.91. The number of carbonyl (C=O) groups is 1. The van der Waals surface area contributed by atoms with Crippen molar-refractivity contribution in [2.24, 2.45) is 0 Å². The highest BCUT2D eigenvalue weighted by Crippen LogP contribution is 2.39. The molecule has 33 heavy (non-hydrogen) atoms. The van der Waals surface area contributed by atoms with Gasteiger partial charge in [0.1, 0.15) is 6.61 Å². The molecule has 0 radical (unpaired) electrons. The average Bonchev–Trinajstić information content (AvgIpc) is 3.54. The van der Waals surface area contributed by atoms with Crippen LogP contribution in [-0.2, 0) is 16.1 Å². The van der Waals surface area contributed by atoms with Gasteiger partial charge in [-0.25, -0.2) is 0 Å². The van der Waals surface area contributed by atoms with Crippen molar-refractivity contribution in [1.82, 2.24) is 25.0 Å². The van der Waals surface area contributed by atoms with Crippen LogP contribution in [0.15, 0.2) is 83.9 Å². The van der Waals surface area contributed by atoms with Crippen molar-refractivity contribution in [3.05, 3.63) is 96.4 Å². The fourth-order valence-corrected chi connectivity index (χ4v) is 4.12. The first kappa shape index (κ1) is 21.0. The molecule has 0 unspecified atom stereocenters. The summed E-state index contributed by atoms with van der Waals surface area (Å²) in [6.45, 7) is 1.43. The summed E-state index contributed by atoms with van der Waals surface area (Å²) in [7, 11) is 0. The molecule has 4 heterocycles. The second kappa shape index (κ2) is 9.70. The van der Waals surface area contributed by atoms with E-state index in [4.69, 9.17) is 9.26 Å². The standard InChI is InChI=1S/C25H23N5O3/c31-23(17-32-16-18-5-2-1-3-6-18)30-14-21(20-7-4-10-27-13-20)22(15-30)25-28-24(29-33-25)19-8-11-26-12-9-19/h1-13,21-22H,14-17H2/t21-,22+/m0/s1. The Balaban J connectivity index is 1.32. The monoisotopic (exact) mass is 441 g/mol. The van der Waals surface area contributed by atoms with Crippen molar-refractivity contribution in [3.63, 3.8) is 0 Å². The van der Waals surface area contributed by atoms with E-state index < -0.39 is 0 Å². The van der Waals surface area contributed by atoms with Crippen LogP contribution in [0.3, 0.4) is 0 Å². The van der Waals surface area contributed by atoms with Gasteiger partial charge in [-0.1, -0.05) is 41.6 Å². The number of pyridine rings is 2. The Morgan fingerprint density at radius 3 is 2.58 bits per heavy atom. The van der Waals surface area contributed by atoms with Gasteiger partial charge in [-0.3, -0.25) is 14.8 Å². The van der Waals surface area contributed by atoms with Gasteiger partial charge >= 0.3 is 0 Å². The highest BCUT2D eigenvalue weighted by atomic mass is 16.5. The number of ether oxygens (including phenoxy) is 1. The predicted octanol–water partition coefficient (Wildman–Crippen LogP) is 3.45. The van der Waals surface area contributed by atoms with Crippen LogP contribution in [0.5, 0.6) is 0 Å². The quantitative estimate of drug-likeness (QED) is 0.433. The second-order valence-electron chi connectivity index (χ2n) is 7.97. The van der Waals surface area contributed by atoms with E-state index >= 15 is 0 Å². The van der Waals surface area contributed by atoms with Crippen LogP contribution >= 0.6 is 0 Å². The van der Waals surface area contributed by atoms with Gasteiger partial charge in [0.25, 0.3) is 0 Å². The zero-order valence-electron chi connectivity index (χ0n) is 17.9. The maximum Gasteiger partial charge on any atom is 0.248 e. The van der Waals surface area contributed by atoms with E-state index in [1.165, 1.54) is 0 Å². The fraction of sp³-hybridized carbons (Fsp3) is 0.240. The molecule has 0 saturated carbocycles. The molecule has 0 aliphatic carbocycles. The van der Waals surface area contributed by atoms with Crippen LogP contribution in [0.4, 0.5) is 0 Å². The van der Waals surface area contributed by atoms with E-state index in [1.807, 2.05) is 65.7 Å². The van der Waals surface area contributed by atoms with Crippen LogP contribution in [0, 0.1) is 0 Å². The summed E-state index contributed by atoms with van der Waals surface area (Å²) in [5.41, 5.74) is 2.90. The third-order valence-corrected chi connectivity index (χ3v) is 5.82. The van der Waals surface area contributed by atoms with Crippen LogP contribution in [0.25, 0.3) is 11.4 Å². The molecule has 1 aliphatic rings. The molecular weight excluding hydrogens is 418 g/mol. The van der Waals surface area contributed by atoms with Gasteiger partial charge in [-0.15, -0.1) is 0 Å². The van der Waals surface area contributed by atoms with Crippen LogP contribution in [0.2, 0.25) is 0 Å². The Morgan fingerprint density at radius 1 is 0.970 bits per heavy atom. The second-order valence-corrected chi connectivity index (χ2v) is 7.97. The van der Waals surface area contributed by atoms with Gasteiger partial charge < -0.3 is 14.2 Å². The maximum absolute atomic E-state index is 12.9. The molecule has 1 aromatic carbocycles. The minimum Gasteiger partial charge on any atom is -0.367 e. The lowest BCUT2D eigenvalue weighted by atomic mass is 9.90. The lowest BCUT2D eigenvalue weighted by molar-refractivity contribution is -0.135. The van der Waals surface area contributed by atoms with Crippen LogP contribution < -0.4 is 0 Å². The molecule has 2 atom stereocenters. The summed E-state index contributed by atoms with van der Waals surface area (Å²) in [6.07, 6.45) is 6.95. The Morgan fingerprint density at radius 2 is 1.79 bits per heavy atom. The van der Waals surface area contributed by atoms with Crippen molar-refractivity contribution in [1.29, 1.82) is 0 Å². The van der Waals surface area contributed by atoms with Crippen molar-refractivity contribution in [2.75, 3.05) is 19.7 Å². The molecule has 1 fully saturated rings. The molecule has 1 aliphatic heterocycles. The van der Waals surface area contributed by atoms with E-state index in [-0.39, 0.29) is 24.3 Å². The van der Waals surface area contributed by atoms with E-state index in [1.54, 1.807) is 18.6 Å². The maximum atomic E-state index is 12.9. The Labute approximate surface area is 191 Å². The summed E-state index contributed by atoms with van der Waals surface area (Å²) < 4.78 is 11.3. The Kier molecular flexibility index (Phi) is 6.16. The summed E-state index contributed by atoms with van der Waals surface area (Å²) in [5, 5.41) is 4.15. The number of carbonyl (C=O) groups excluding carboxylic acids is 1. The van der Waals surface area contributed by atoms with E-state index in [9.17, 15) is 4.79 Å². The van der Waals surface area contributed by atoms with Crippen molar-refractivity contribution in [2.45, 2.75) is 18.4 Å². The van der Waals surface area contributed by atoms with Gasteiger partial charge in [-0.05, 0) is 29.3 Å². The first-order chi connectivity index (χ1) is 16.3. The average molecular weight is 441 g/mol. The molecule has 3 aromatic heterocycles. The molecule has 8 heteroatoms. The van der Waals surface area contributed by atoms with Crippen LogP contribution in [0.1, 0.15) is 28.9 Å². The van der Waals surface area contributed by atoms with Gasteiger partial charge in [-0.2, -0.15) is 4.98 Å². The normalized spacial score (nSPS) is 17.9. The first-order valence-electron chi connectivity index (χ1n) is 10.8. The molecule has 1 amide bonds. The summed E-state index contributed by atoms with van der Waals surface area (Å²) >= 11 is 0. The lowest BCUT2D eigenvalue weighted by Gasteiger charge is -2.16. The number of amides is 1. The summed E-state index contributed by atoms with van der Waals surface area (Å²) in [6, 6.07) is 17.4. The zero-order valence-corrected chi connectivity index (χ0v) is 17.9. The Bertz CT molecular complexity index is 1180. The van der Waals surface area contributed by atoms with Gasteiger partial charge in [0.2, 0.25) is 17.6 Å². The third kappa shape index (κ3) is 4.80. The van der Waals surface area contributed by atoms with E-state index in [0.29, 0.717) is 31.4 Å². The minimum atomic E-state index is -0.129. The molecule has 5 rings (SSSR count). The SMILES string of the molecule is O=C(COCc1ccccc1)N1C[C@@H](c2cccnc2)[C@H](c2nc(-c3ccncc3)no2)C1. The van der Waals surface area contributed by atoms with E-state index in [2.05, 4.69) is 20.1 Å². The topological polar surface area (TPSA) is 94.2 Å². The van der Waals surface area contributed by atoms with E-state index in [0.717, 1.165) is 16.7 Å². The van der Waals surface area contributed by atoms with Crippen molar-refractivity contribution >= 4 is 5.91 Å². The molecule has 4 aromatic rings. The van der Waals surface area contributed by atoms with Gasteiger partial charge in [0.05, 0.1) is 12.5 Å². The number of aromatic nitrogens is 4. The molecule has 0 spiro atoms. The zero-order chi connectivity index (χ0) is 22.5. The van der Waals surface area contributed by atoms with Crippen molar-refractivity contribution in [3.8, 4) is 11.4 Å². The molecule has 1 saturated heterocycles. The van der Waals surface area contributed by atoms with Crippen molar-refractivity contribution < 1.29 is 14.1 Å². The van der Waals surface area contributed by atoms with Crippen LogP contribution in [-0.4, -0.2) is 50.6 Å². The number of rotatable bonds is 7. The third-order valence-electron chi connectivity index (χ3n) is 5.82. The number of hydrogen-bond donors (Lipinski definition) is 0. The highest BCUT2D eigenvalue weighted by Gasteiger charge is 2.40. The molecule has 0 N–H and O–H groups in total. The summed E-state index contributed by atoms with van der Waals surface area (Å²) in [4.78, 5) is 27.7. The lowest BCUT2D eigenvalue weighted by Crippen LogP contribution is -2.32. The van der Waals surface area contributed by atoms with Gasteiger partial charge in [0, 0.05) is 49.4 Å².